The number of rotatable bonds is 7. The van der Waals surface area contributed by atoms with Crippen molar-refractivity contribution in [1.82, 2.24) is 14.5 Å². The number of nitrogens with zero attached hydrogens (tertiary/aromatic N) is 4. The molecule has 1 aromatic heterocycles. The third kappa shape index (κ3) is 4.40. The number of ether oxygens (including phenoxy) is 2. The summed E-state index contributed by atoms with van der Waals surface area (Å²) in [6, 6.07) is 6.44. The predicted octanol–water partition coefficient (Wildman–Crippen LogP) is 4.44. The topological polar surface area (TPSA) is 104 Å². The summed E-state index contributed by atoms with van der Waals surface area (Å²) in [5.41, 5.74) is 8.88. The standard InChI is InChI=1S/C20H25ClN5O3/c1-4-29-20(27)17-18(16(24-25-22)13-5-7-15(21)8-6-13)26(12(2)3)19(23-17)14-9-10-28-11-14/h5-8,12,14,16,22H,4,9-11H2,1-3H3/q+1. The Morgan fingerprint density at radius 2 is 2.17 bits per heavy atom. The molecule has 2 unspecified atom stereocenters. The van der Waals surface area contributed by atoms with Crippen molar-refractivity contribution in [3.63, 3.8) is 0 Å². The van der Waals surface area contributed by atoms with Gasteiger partial charge in [-0.15, -0.1) is 0 Å². The number of aromatic nitrogens is 2. The Labute approximate surface area is 174 Å². The van der Waals surface area contributed by atoms with E-state index in [1.165, 1.54) is 0 Å². The molecule has 2 heterocycles. The second-order valence-corrected chi connectivity index (χ2v) is 7.55. The lowest BCUT2D eigenvalue weighted by molar-refractivity contribution is 0.0518. The molecule has 1 N–H and O–H groups in total. The van der Waals surface area contributed by atoms with Gasteiger partial charge >= 0.3 is 5.97 Å². The normalized spacial score (nSPS) is 17.2. The zero-order valence-corrected chi connectivity index (χ0v) is 17.5. The van der Waals surface area contributed by atoms with Crippen LogP contribution in [0.3, 0.4) is 0 Å². The summed E-state index contributed by atoms with van der Waals surface area (Å²) in [4.78, 5) is 20.8. The van der Waals surface area contributed by atoms with E-state index in [9.17, 15) is 4.79 Å². The summed E-state index contributed by atoms with van der Waals surface area (Å²) in [6.45, 7) is 7.25. The van der Waals surface area contributed by atoms with Crippen LogP contribution >= 0.6 is 11.6 Å². The van der Waals surface area contributed by atoms with E-state index in [4.69, 9.17) is 31.6 Å². The van der Waals surface area contributed by atoms with Crippen molar-refractivity contribution in [3.8, 4) is 0 Å². The maximum Gasteiger partial charge on any atom is 0.358 e. The number of benzene rings is 1. The van der Waals surface area contributed by atoms with Gasteiger partial charge in [-0.1, -0.05) is 23.7 Å². The molecular formula is C20H25ClN5O3+. The van der Waals surface area contributed by atoms with Crippen molar-refractivity contribution < 1.29 is 14.3 Å². The fourth-order valence-corrected chi connectivity index (χ4v) is 3.75. The Kier molecular flexibility index (Phi) is 6.79. The minimum absolute atomic E-state index is 0.00649. The molecule has 2 atom stereocenters. The van der Waals surface area contributed by atoms with Gasteiger partial charge in [-0.25, -0.2) is 9.78 Å². The predicted molar refractivity (Wildman–Crippen MR) is 107 cm³/mol. The molecule has 2 aromatic rings. The maximum absolute atomic E-state index is 12.8. The number of halogens is 1. The molecule has 0 amide bonds. The fourth-order valence-electron chi connectivity index (χ4n) is 3.62. The molecule has 0 aliphatic carbocycles. The molecule has 9 heteroatoms. The number of hydrogen-bond donors (Lipinski definition) is 1. The number of carbonyl (C=O) groups excluding carboxylic acids is 1. The summed E-state index contributed by atoms with van der Waals surface area (Å²) in [6.07, 6.45) is 0.830. The van der Waals surface area contributed by atoms with Crippen molar-refractivity contribution in [2.75, 3.05) is 19.8 Å². The minimum atomic E-state index is -0.685. The van der Waals surface area contributed by atoms with E-state index in [1.807, 2.05) is 30.5 Å². The monoisotopic (exact) mass is 418 g/mol. The highest BCUT2D eigenvalue weighted by Gasteiger charge is 2.36. The SMILES string of the molecule is CCOC(=O)c1nc(C2CCOC2)n(C(C)C)c1C(N=[N+]=N)c1ccc(Cl)cc1. The minimum Gasteiger partial charge on any atom is -0.461 e. The first-order valence-corrected chi connectivity index (χ1v) is 10.0. The molecule has 1 saturated heterocycles. The number of hydrogen-bond acceptors (Lipinski definition) is 6. The fraction of sp³-hybridized carbons (Fsp3) is 0.500. The van der Waals surface area contributed by atoms with Crippen LogP contribution < -0.4 is 4.91 Å². The van der Waals surface area contributed by atoms with Crippen molar-refractivity contribution >= 4 is 17.6 Å². The molecule has 0 radical (unpaired) electrons. The molecule has 8 nitrogen and oxygen atoms in total. The van der Waals surface area contributed by atoms with Gasteiger partial charge in [-0.3, -0.25) is 0 Å². The van der Waals surface area contributed by atoms with Gasteiger partial charge in [-0.2, -0.15) is 0 Å². The van der Waals surface area contributed by atoms with Gasteiger partial charge in [-0.05, 0) is 44.9 Å². The molecule has 154 valence electrons. The van der Waals surface area contributed by atoms with Crippen LogP contribution in [-0.2, 0) is 9.47 Å². The van der Waals surface area contributed by atoms with Crippen LogP contribution in [0.4, 0.5) is 0 Å². The summed E-state index contributed by atoms with van der Waals surface area (Å²) in [7, 11) is 0. The molecule has 29 heavy (non-hydrogen) atoms. The van der Waals surface area contributed by atoms with E-state index in [0.29, 0.717) is 23.9 Å². The van der Waals surface area contributed by atoms with E-state index in [1.54, 1.807) is 19.1 Å². The molecule has 1 aliphatic rings. The van der Waals surface area contributed by atoms with Crippen LogP contribution in [0.5, 0.6) is 0 Å². The third-order valence-electron chi connectivity index (χ3n) is 4.87. The molecule has 1 aromatic carbocycles. The van der Waals surface area contributed by atoms with Crippen LogP contribution in [0.2, 0.25) is 5.02 Å². The maximum atomic E-state index is 12.8. The highest BCUT2D eigenvalue weighted by Crippen LogP contribution is 2.36. The van der Waals surface area contributed by atoms with Crippen LogP contribution in [-0.4, -0.2) is 35.3 Å². The first kappa shape index (κ1) is 21.2. The first-order valence-electron chi connectivity index (χ1n) is 9.66. The van der Waals surface area contributed by atoms with Gasteiger partial charge in [0.25, 0.3) is 0 Å². The zero-order valence-electron chi connectivity index (χ0n) is 16.8. The summed E-state index contributed by atoms with van der Waals surface area (Å²) in [5, 5.41) is 4.71. The molecule has 0 bridgehead atoms. The first-order chi connectivity index (χ1) is 14.0. The van der Waals surface area contributed by atoms with Gasteiger partial charge in [0.1, 0.15) is 16.5 Å². The molecule has 0 saturated carbocycles. The lowest BCUT2D eigenvalue weighted by Crippen LogP contribution is -2.17. The number of carbonyl (C=O) groups is 1. The van der Waals surface area contributed by atoms with E-state index in [-0.39, 0.29) is 24.3 Å². The van der Waals surface area contributed by atoms with E-state index < -0.39 is 12.0 Å². The summed E-state index contributed by atoms with van der Waals surface area (Å²) in [5.74, 6) is 0.342. The van der Waals surface area contributed by atoms with Gasteiger partial charge in [0.15, 0.2) is 5.69 Å². The number of imidazole rings is 1. The van der Waals surface area contributed by atoms with Gasteiger partial charge in [0.05, 0.1) is 18.9 Å². The molecule has 1 aliphatic heterocycles. The van der Waals surface area contributed by atoms with Crippen molar-refractivity contribution in [2.24, 2.45) is 5.11 Å². The van der Waals surface area contributed by atoms with Gasteiger partial charge in [0, 0.05) is 23.6 Å². The lowest BCUT2D eigenvalue weighted by Gasteiger charge is -2.20. The second kappa shape index (κ2) is 9.31. The Balaban J connectivity index is 2.25. The zero-order chi connectivity index (χ0) is 21.0. The Morgan fingerprint density at radius 3 is 2.72 bits per heavy atom. The average Bonchev–Trinajstić information content (AvgIpc) is 3.35. The Hall–Kier alpha value is -2.54. The van der Waals surface area contributed by atoms with Crippen molar-refractivity contribution in [2.45, 2.75) is 45.2 Å². The number of esters is 1. The Morgan fingerprint density at radius 1 is 1.45 bits per heavy atom. The molecule has 0 spiro atoms. The van der Waals surface area contributed by atoms with E-state index in [2.05, 4.69) is 10.0 Å². The largest absolute Gasteiger partial charge is 0.461 e. The van der Waals surface area contributed by atoms with Crippen LogP contribution in [0.1, 0.15) is 72.8 Å². The lowest BCUT2D eigenvalue weighted by atomic mass is 10.0. The van der Waals surface area contributed by atoms with E-state index >= 15 is 0 Å². The quantitative estimate of drug-likeness (QED) is 0.407. The molecule has 1 fully saturated rings. The van der Waals surface area contributed by atoms with Crippen molar-refractivity contribution in [3.05, 3.63) is 52.1 Å². The van der Waals surface area contributed by atoms with Crippen LogP contribution in [0, 0.1) is 5.53 Å². The number of nitrogens with one attached hydrogen (secondary N) is 1. The highest BCUT2D eigenvalue weighted by molar-refractivity contribution is 6.30. The van der Waals surface area contributed by atoms with Gasteiger partial charge in [0.2, 0.25) is 11.0 Å². The summed E-state index contributed by atoms with van der Waals surface area (Å²) >= 11 is 6.04. The highest BCUT2D eigenvalue weighted by atomic mass is 35.5. The smallest absolute Gasteiger partial charge is 0.358 e. The second-order valence-electron chi connectivity index (χ2n) is 7.12. The van der Waals surface area contributed by atoms with Crippen molar-refractivity contribution in [1.29, 1.82) is 5.53 Å². The van der Waals surface area contributed by atoms with Crippen LogP contribution in [0.25, 0.3) is 0 Å². The van der Waals surface area contributed by atoms with Crippen LogP contribution in [0.15, 0.2) is 29.4 Å². The molecular weight excluding hydrogens is 394 g/mol. The average molecular weight is 419 g/mol. The van der Waals surface area contributed by atoms with E-state index in [0.717, 1.165) is 17.8 Å². The van der Waals surface area contributed by atoms with Gasteiger partial charge < -0.3 is 14.0 Å². The molecule has 3 rings (SSSR count). The Bertz CT molecular complexity index is 913. The third-order valence-corrected chi connectivity index (χ3v) is 5.13. The summed E-state index contributed by atoms with van der Waals surface area (Å²) < 4.78 is 12.8.